The Labute approximate surface area is 92.1 Å². The van der Waals surface area contributed by atoms with Gasteiger partial charge in [-0.25, -0.2) is 0 Å². The maximum Gasteiger partial charge on any atom is 0.161 e. The molecule has 0 aromatic carbocycles. The molecule has 3 nitrogen and oxygen atoms in total. The van der Waals surface area contributed by atoms with E-state index in [9.17, 15) is 4.79 Å². The lowest BCUT2D eigenvalue weighted by Crippen LogP contribution is -2.24. The minimum atomic E-state index is -0.198. The molecule has 15 heavy (non-hydrogen) atoms. The van der Waals surface area contributed by atoms with Gasteiger partial charge in [-0.2, -0.15) is 0 Å². The largest absolute Gasteiger partial charge is 0.378 e. The van der Waals surface area contributed by atoms with E-state index >= 15 is 0 Å². The van der Waals surface area contributed by atoms with E-state index in [1.54, 1.807) is 0 Å². The molecule has 0 aromatic heterocycles. The fraction of sp³-hybridized carbons (Fsp3) is 0.917. The highest BCUT2D eigenvalue weighted by atomic mass is 16.5. The van der Waals surface area contributed by atoms with Crippen LogP contribution in [0.1, 0.15) is 46.0 Å². The van der Waals surface area contributed by atoms with E-state index in [0.717, 1.165) is 32.3 Å². The molecule has 1 rings (SSSR count). The smallest absolute Gasteiger partial charge is 0.161 e. The second-order valence-electron chi connectivity index (χ2n) is 3.99. The number of Topliss-reactive ketones (excluding diaryl/α,β-unsaturated/α-hetero) is 1. The molecule has 0 aliphatic carbocycles. The molecule has 0 aromatic rings. The Morgan fingerprint density at radius 2 is 2.33 bits per heavy atom. The summed E-state index contributed by atoms with van der Waals surface area (Å²) in [6.45, 7) is 5.39. The van der Waals surface area contributed by atoms with Crippen molar-refractivity contribution in [3.8, 4) is 0 Å². The zero-order valence-corrected chi connectivity index (χ0v) is 9.83. The highest BCUT2D eigenvalue weighted by Gasteiger charge is 2.20. The summed E-state index contributed by atoms with van der Waals surface area (Å²) in [7, 11) is 0. The van der Waals surface area contributed by atoms with Crippen LogP contribution in [0.5, 0.6) is 0 Å². The van der Waals surface area contributed by atoms with E-state index in [0.29, 0.717) is 19.1 Å². The standard InChI is InChI=1S/C12H22O3/c1-3-12(14-4-2)11(13)8-7-10-6-5-9-15-10/h10,12H,3-9H2,1-2H3. The summed E-state index contributed by atoms with van der Waals surface area (Å²) in [4.78, 5) is 11.7. The molecule has 1 heterocycles. The number of hydrogen-bond acceptors (Lipinski definition) is 3. The molecule has 3 heteroatoms. The van der Waals surface area contributed by atoms with Crippen molar-refractivity contribution in [3.05, 3.63) is 0 Å². The van der Waals surface area contributed by atoms with Crippen LogP contribution in [0.25, 0.3) is 0 Å². The van der Waals surface area contributed by atoms with E-state index in [-0.39, 0.29) is 11.9 Å². The first-order valence-corrected chi connectivity index (χ1v) is 6.03. The molecule has 0 saturated carbocycles. The van der Waals surface area contributed by atoms with Crippen LogP contribution < -0.4 is 0 Å². The molecule has 1 saturated heterocycles. The molecule has 0 amide bonds. The van der Waals surface area contributed by atoms with Crippen LogP contribution in [-0.4, -0.2) is 31.2 Å². The number of ketones is 1. The van der Waals surface area contributed by atoms with Gasteiger partial charge in [0, 0.05) is 19.6 Å². The summed E-state index contributed by atoms with van der Waals surface area (Å²) in [6.07, 6.45) is 4.61. The van der Waals surface area contributed by atoms with E-state index in [4.69, 9.17) is 9.47 Å². The quantitative estimate of drug-likeness (QED) is 0.652. The monoisotopic (exact) mass is 214 g/mol. The Hall–Kier alpha value is -0.410. The highest BCUT2D eigenvalue weighted by molar-refractivity contribution is 5.83. The van der Waals surface area contributed by atoms with Gasteiger partial charge in [-0.1, -0.05) is 6.92 Å². The molecular weight excluding hydrogens is 192 g/mol. The predicted molar refractivity (Wildman–Crippen MR) is 58.9 cm³/mol. The van der Waals surface area contributed by atoms with Crippen molar-refractivity contribution in [1.82, 2.24) is 0 Å². The second-order valence-corrected chi connectivity index (χ2v) is 3.99. The van der Waals surface area contributed by atoms with Gasteiger partial charge in [0.05, 0.1) is 6.10 Å². The van der Waals surface area contributed by atoms with Crippen molar-refractivity contribution in [2.75, 3.05) is 13.2 Å². The number of rotatable bonds is 7. The van der Waals surface area contributed by atoms with Gasteiger partial charge < -0.3 is 9.47 Å². The van der Waals surface area contributed by atoms with Gasteiger partial charge in [0.1, 0.15) is 6.10 Å². The van der Waals surface area contributed by atoms with Crippen LogP contribution in [0.4, 0.5) is 0 Å². The zero-order valence-electron chi connectivity index (χ0n) is 9.83. The molecular formula is C12H22O3. The van der Waals surface area contributed by atoms with Gasteiger partial charge in [-0.05, 0) is 32.6 Å². The second kappa shape index (κ2) is 6.96. The lowest BCUT2D eigenvalue weighted by atomic mass is 10.0. The third-order valence-electron chi connectivity index (χ3n) is 2.83. The Morgan fingerprint density at radius 1 is 1.53 bits per heavy atom. The first-order valence-electron chi connectivity index (χ1n) is 6.03. The SMILES string of the molecule is CCOC(CC)C(=O)CCC1CCCO1. The number of ether oxygens (including phenoxy) is 2. The van der Waals surface area contributed by atoms with E-state index in [1.165, 1.54) is 0 Å². The molecule has 0 bridgehead atoms. The summed E-state index contributed by atoms with van der Waals surface area (Å²) < 4.78 is 10.9. The zero-order chi connectivity index (χ0) is 11.1. The lowest BCUT2D eigenvalue weighted by molar-refractivity contribution is -0.131. The summed E-state index contributed by atoms with van der Waals surface area (Å²) in [6, 6.07) is 0. The van der Waals surface area contributed by atoms with E-state index in [1.807, 2.05) is 13.8 Å². The van der Waals surface area contributed by atoms with Crippen LogP contribution in [-0.2, 0) is 14.3 Å². The summed E-state index contributed by atoms with van der Waals surface area (Å²) in [5, 5.41) is 0. The first kappa shape index (κ1) is 12.7. The summed E-state index contributed by atoms with van der Waals surface area (Å²) in [5.74, 6) is 0.231. The van der Waals surface area contributed by atoms with Crippen LogP contribution in [0.2, 0.25) is 0 Å². The fourth-order valence-electron chi connectivity index (χ4n) is 1.98. The maximum atomic E-state index is 11.7. The van der Waals surface area contributed by atoms with E-state index < -0.39 is 0 Å². The lowest BCUT2D eigenvalue weighted by Gasteiger charge is -2.15. The molecule has 0 radical (unpaired) electrons. The third kappa shape index (κ3) is 4.31. The third-order valence-corrected chi connectivity index (χ3v) is 2.83. The average Bonchev–Trinajstić information content (AvgIpc) is 2.75. The van der Waals surface area contributed by atoms with Crippen molar-refractivity contribution in [1.29, 1.82) is 0 Å². The molecule has 2 atom stereocenters. The van der Waals surface area contributed by atoms with Crippen LogP contribution in [0.3, 0.4) is 0 Å². The molecule has 88 valence electrons. The molecule has 1 aliphatic rings. The molecule has 1 fully saturated rings. The first-order chi connectivity index (χ1) is 7.27. The van der Waals surface area contributed by atoms with Gasteiger partial charge in [0.2, 0.25) is 0 Å². The highest BCUT2D eigenvalue weighted by Crippen LogP contribution is 2.18. The van der Waals surface area contributed by atoms with Gasteiger partial charge >= 0.3 is 0 Å². The van der Waals surface area contributed by atoms with Crippen molar-refractivity contribution >= 4 is 5.78 Å². The van der Waals surface area contributed by atoms with Crippen LogP contribution in [0.15, 0.2) is 0 Å². The van der Waals surface area contributed by atoms with Gasteiger partial charge in [0.25, 0.3) is 0 Å². The Balaban J connectivity index is 2.20. The Morgan fingerprint density at radius 3 is 2.87 bits per heavy atom. The minimum Gasteiger partial charge on any atom is -0.378 e. The van der Waals surface area contributed by atoms with Gasteiger partial charge in [-0.15, -0.1) is 0 Å². The number of hydrogen-bond donors (Lipinski definition) is 0. The molecule has 2 unspecified atom stereocenters. The van der Waals surface area contributed by atoms with Gasteiger partial charge in [0.15, 0.2) is 5.78 Å². The Kier molecular flexibility index (Phi) is 5.88. The van der Waals surface area contributed by atoms with Gasteiger partial charge in [-0.3, -0.25) is 4.79 Å². The maximum absolute atomic E-state index is 11.7. The number of carbonyl (C=O) groups is 1. The summed E-state index contributed by atoms with van der Waals surface area (Å²) >= 11 is 0. The van der Waals surface area contributed by atoms with Crippen LogP contribution >= 0.6 is 0 Å². The molecule has 0 spiro atoms. The van der Waals surface area contributed by atoms with Crippen molar-refractivity contribution in [2.45, 2.75) is 58.2 Å². The van der Waals surface area contributed by atoms with Crippen molar-refractivity contribution in [2.24, 2.45) is 0 Å². The Bertz CT molecular complexity index is 185. The average molecular weight is 214 g/mol. The number of carbonyl (C=O) groups excluding carboxylic acids is 1. The topological polar surface area (TPSA) is 35.5 Å². The molecule has 1 aliphatic heterocycles. The summed E-state index contributed by atoms with van der Waals surface area (Å²) in [5.41, 5.74) is 0. The molecule has 0 N–H and O–H groups in total. The van der Waals surface area contributed by atoms with Crippen molar-refractivity contribution in [3.63, 3.8) is 0 Å². The van der Waals surface area contributed by atoms with E-state index in [2.05, 4.69) is 0 Å². The minimum absolute atomic E-state index is 0.198. The van der Waals surface area contributed by atoms with Crippen LogP contribution in [0, 0.1) is 0 Å². The van der Waals surface area contributed by atoms with Crippen molar-refractivity contribution < 1.29 is 14.3 Å². The normalized spacial score (nSPS) is 22.9. The fourth-order valence-corrected chi connectivity index (χ4v) is 1.98. The predicted octanol–water partition coefficient (Wildman–Crippen LogP) is 2.33.